The number of methoxy groups -OCH3 is 1. The summed E-state index contributed by atoms with van der Waals surface area (Å²) in [6.45, 7) is 2.59. The van der Waals surface area contributed by atoms with E-state index < -0.39 is 0 Å². The van der Waals surface area contributed by atoms with Crippen molar-refractivity contribution >= 4 is 28.8 Å². The van der Waals surface area contributed by atoms with Crippen LogP contribution in [0.15, 0.2) is 11.4 Å². The number of carbonyl (C=O) groups is 1. The highest BCUT2D eigenvalue weighted by Crippen LogP contribution is 2.22. The third-order valence-corrected chi connectivity index (χ3v) is 3.35. The highest BCUT2D eigenvalue weighted by molar-refractivity contribution is 7.12. The number of hydrogen-bond donors (Lipinski definition) is 0. The normalized spacial score (nSPS) is 12.2. The molecule has 5 heteroatoms. The van der Waals surface area contributed by atoms with Crippen LogP contribution < -0.4 is 4.74 Å². The Hall–Kier alpha value is -0.740. The van der Waals surface area contributed by atoms with E-state index in [2.05, 4.69) is 0 Å². The molecule has 90 valence electrons. The Morgan fingerprint density at radius 3 is 2.88 bits per heavy atom. The fourth-order valence-corrected chi connectivity index (χ4v) is 2.15. The predicted molar refractivity (Wildman–Crippen MR) is 67.8 cm³/mol. The molecular formula is C11H16ClNO2S. The van der Waals surface area contributed by atoms with Gasteiger partial charge in [-0.15, -0.1) is 22.9 Å². The van der Waals surface area contributed by atoms with Gasteiger partial charge in [0, 0.05) is 30.4 Å². The second-order valence-corrected chi connectivity index (χ2v) is 5.30. The molecular weight excluding hydrogens is 246 g/mol. The fourth-order valence-electron chi connectivity index (χ4n) is 1.20. The number of halogens is 1. The van der Waals surface area contributed by atoms with E-state index in [0.29, 0.717) is 11.4 Å². The summed E-state index contributed by atoms with van der Waals surface area (Å²) in [5.41, 5.74) is 0. The van der Waals surface area contributed by atoms with Gasteiger partial charge in [0.25, 0.3) is 5.91 Å². The van der Waals surface area contributed by atoms with Crippen LogP contribution in [0.1, 0.15) is 23.0 Å². The van der Waals surface area contributed by atoms with Crippen LogP contribution in [0.25, 0.3) is 0 Å². The van der Waals surface area contributed by atoms with Crippen LogP contribution in [0, 0.1) is 0 Å². The zero-order valence-corrected chi connectivity index (χ0v) is 11.3. The van der Waals surface area contributed by atoms with Gasteiger partial charge in [0.2, 0.25) is 0 Å². The van der Waals surface area contributed by atoms with Crippen molar-refractivity contribution in [1.82, 2.24) is 4.90 Å². The van der Waals surface area contributed by atoms with Crippen molar-refractivity contribution in [1.29, 1.82) is 0 Å². The van der Waals surface area contributed by atoms with Gasteiger partial charge in [-0.2, -0.15) is 0 Å². The Kier molecular flexibility index (Phi) is 5.09. The summed E-state index contributed by atoms with van der Waals surface area (Å²) in [6.07, 6.45) is 0.798. The lowest BCUT2D eigenvalue weighted by Crippen LogP contribution is -2.28. The van der Waals surface area contributed by atoms with Crippen LogP contribution in [0.3, 0.4) is 0 Å². The van der Waals surface area contributed by atoms with Gasteiger partial charge >= 0.3 is 0 Å². The fraction of sp³-hybridized carbons (Fsp3) is 0.545. The van der Waals surface area contributed by atoms with Crippen molar-refractivity contribution in [2.45, 2.75) is 18.7 Å². The molecule has 0 saturated heterocycles. The van der Waals surface area contributed by atoms with Crippen molar-refractivity contribution in [3.05, 3.63) is 16.3 Å². The molecule has 1 rings (SSSR count). The van der Waals surface area contributed by atoms with Crippen molar-refractivity contribution in [3.8, 4) is 5.75 Å². The van der Waals surface area contributed by atoms with E-state index in [-0.39, 0.29) is 11.3 Å². The molecule has 1 aromatic rings. The molecule has 0 aliphatic carbocycles. The molecule has 0 N–H and O–H groups in total. The molecule has 3 nitrogen and oxygen atoms in total. The zero-order chi connectivity index (χ0) is 12.1. The first-order chi connectivity index (χ1) is 7.54. The monoisotopic (exact) mass is 261 g/mol. The summed E-state index contributed by atoms with van der Waals surface area (Å²) in [5.74, 6) is 0.748. The number of ether oxygens (including phenoxy) is 1. The number of hydrogen-bond acceptors (Lipinski definition) is 3. The highest BCUT2D eigenvalue weighted by Gasteiger charge is 2.14. The van der Waals surface area contributed by atoms with Crippen molar-refractivity contribution < 1.29 is 9.53 Å². The SMILES string of the molecule is COc1csc(C(=O)N(C)CCC(C)Cl)c1. The number of nitrogens with zero attached hydrogens (tertiary/aromatic N) is 1. The third kappa shape index (κ3) is 3.68. The van der Waals surface area contributed by atoms with Gasteiger partial charge < -0.3 is 9.64 Å². The van der Waals surface area contributed by atoms with E-state index in [1.165, 1.54) is 11.3 Å². The van der Waals surface area contributed by atoms with Gasteiger partial charge in [-0.05, 0) is 13.3 Å². The van der Waals surface area contributed by atoms with Crippen LogP contribution in [-0.2, 0) is 0 Å². The lowest BCUT2D eigenvalue weighted by molar-refractivity contribution is 0.0798. The number of thiophene rings is 1. The van der Waals surface area contributed by atoms with Gasteiger partial charge in [-0.1, -0.05) is 0 Å². The van der Waals surface area contributed by atoms with Crippen molar-refractivity contribution in [2.75, 3.05) is 20.7 Å². The van der Waals surface area contributed by atoms with Crippen LogP contribution in [-0.4, -0.2) is 36.9 Å². The van der Waals surface area contributed by atoms with E-state index in [1.807, 2.05) is 12.3 Å². The summed E-state index contributed by atoms with van der Waals surface area (Å²) in [7, 11) is 3.38. The largest absolute Gasteiger partial charge is 0.496 e. The van der Waals surface area contributed by atoms with Crippen molar-refractivity contribution in [3.63, 3.8) is 0 Å². The first-order valence-corrected chi connectivity index (χ1v) is 6.38. The smallest absolute Gasteiger partial charge is 0.263 e. The van der Waals surface area contributed by atoms with Crippen LogP contribution in [0.4, 0.5) is 0 Å². The molecule has 0 fully saturated rings. The minimum Gasteiger partial charge on any atom is -0.496 e. The number of alkyl halides is 1. The van der Waals surface area contributed by atoms with Crippen LogP contribution >= 0.6 is 22.9 Å². The third-order valence-electron chi connectivity index (χ3n) is 2.23. The van der Waals surface area contributed by atoms with Gasteiger partial charge in [0.05, 0.1) is 12.0 Å². The molecule has 0 saturated carbocycles. The summed E-state index contributed by atoms with van der Waals surface area (Å²) in [4.78, 5) is 14.3. The predicted octanol–water partition coefficient (Wildman–Crippen LogP) is 2.85. The number of rotatable bonds is 5. The van der Waals surface area contributed by atoms with E-state index in [4.69, 9.17) is 16.3 Å². The summed E-state index contributed by atoms with van der Waals surface area (Å²) >= 11 is 7.24. The maximum absolute atomic E-state index is 11.9. The van der Waals surface area contributed by atoms with Gasteiger partial charge in [0.15, 0.2) is 0 Å². The Labute approximate surface area is 105 Å². The maximum atomic E-state index is 11.9. The molecule has 1 atom stereocenters. The maximum Gasteiger partial charge on any atom is 0.263 e. The molecule has 0 aliphatic rings. The summed E-state index contributed by atoms with van der Waals surface area (Å²) < 4.78 is 5.04. The number of carbonyl (C=O) groups excluding carboxylic acids is 1. The molecule has 0 aromatic carbocycles. The van der Waals surface area contributed by atoms with E-state index in [9.17, 15) is 4.79 Å². The lowest BCUT2D eigenvalue weighted by atomic mass is 10.3. The van der Waals surface area contributed by atoms with E-state index in [1.54, 1.807) is 25.1 Å². The standard InChI is InChI=1S/C11H16ClNO2S/c1-8(12)4-5-13(2)11(14)10-6-9(15-3)7-16-10/h6-8H,4-5H2,1-3H3. The Morgan fingerprint density at radius 1 is 1.69 bits per heavy atom. The topological polar surface area (TPSA) is 29.5 Å². The van der Waals surface area contributed by atoms with Gasteiger partial charge in [-0.25, -0.2) is 0 Å². The Morgan fingerprint density at radius 2 is 2.38 bits per heavy atom. The molecule has 0 radical (unpaired) electrons. The van der Waals surface area contributed by atoms with Gasteiger partial charge in [0.1, 0.15) is 5.75 Å². The van der Waals surface area contributed by atoms with E-state index >= 15 is 0 Å². The number of amides is 1. The molecule has 0 bridgehead atoms. The van der Waals surface area contributed by atoms with Crippen LogP contribution in [0.2, 0.25) is 0 Å². The first kappa shape index (κ1) is 13.3. The molecule has 1 heterocycles. The molecule has 16 heavy (non-hydrogen) atoms. The van der Waals surface area contributed by atoms with E-state index in [0.717, 1.165) is 12.2 Å². The average Bonchev–Trinajstić information content (AvgIpc) is 2.73. The summed E-state index contributed by atoms with van der Waals surface area (Å²) in [5, 5.41) is 1.92. The Balaban J connectivity index is 2.56. The molecule has 0 spiro atoms. The Bertz CT molecular complexity index is 352. The average molecular weight is 262 g/mol. The minimum absolute atomic E-state index is 0.0191. The first-order valence-electron chi connectivity index (χ1n) is 5.06. The lowest BCUT2D eigenvalue weighted by Gasteiger charge is -2.16. The second kappa shape index (κ2) is 6.11. The summed E-state index contributed by atoms with van der Waals surface area (Å²) in [6, 6.07) is 1.76. The van der Waals surface area contributed by atoms with Crippen molar-refractivity contribution in [2.24, 2.45) is 0 Å². The quantitative estimate of drug-likeness (QED) is 0.763. The van der Waals surface area contributed by atoms with Gasteiger partial charge in [-0.3, -0.25) is 4.79 Å². The second-order valence-electron chi connectivity index (χ2n) is 3.65. The molecule has 1 amide bonds. The molecule has 1 unspecified atom stereocenters. The molecule has 0 aliphatic heterocycles. The molecule has 1 aromatic heterocycles. The zero-order valence-electron chi connectivity index (χ0n) is 9.70. The highest BCUT2D eigenvalue weighted by atomic mass is 35.5. The minimum atomic E-state index is 0.0191. The van der Waals surface area contributed by atoms with Crippen LogP contribution in [0.5, 0.6) is 5.75 Å².